The summed E-state index contributed by atoms with van der Waals surface area (Å²) in [5.41, 5.74) is -0.502. The number of nitrogens with one attached hydrogen (secondary N) is 2. The van der Waals surface area contributed by atoms with Crippen LogP contribution in [0.5, 0.6) is 0 Å². The number of aliphatic hydroxyl groups is 2. The Kier molecular flexibility index (Phi) is 6.89. The van der Waals surface area contributed by atoms with E-state index in [4.69, 9.17) is 9.26 Å². The molecule has 5 heterocycles. The molecule has 2 saturated heterocycles. The lowest BCUT2D eigenvalue weighted by molar-refractivity contribution is -0.745. The van der Waals surface area contributed by atoms with Gasteiger partial charge in [-0.3, -0.25) is 24.2 Å². The molecule has 2 aliphatic rings. The van der Waals surface area contributed by atoms with Crippen molar-refractivity contribution in [2.45, 2.75) is 43.4 Å². The molecule has 18 heteroatoms. The largest absolute Gasteiger partial charge is 0.437 e. The van der Waals surface area contributed by atoms with Gasteiger partial charge in [-0.15, -0.1) is 0 Å². The van der Waals surface area contributed by atoms with E-state index < -0.39 is 56.5 Å². The first-order valence-electron chi connectivity index (χ1n) is 11.6. The van der Waals surface area contributed by atoms with Crippen LogP contribution in [-0.2, 0) is 25.7 Å². The van der Waals surface area contributed by atoms with E-state index in [1.54, 1.807) is 7.05 Å². The number of carbonyl (C=O) groups excluding carboxylic acids is 2. The van der Waals surface area contributed by atoms with Gasteiger partial charge in [-0.2, -0.15) is 0 Å². The second kappa shape index (κ2) is 10.0. The van der Waals surface area contributed by atoms with Crippen LogP contribution in [0.15, 0.2) is 29.8 Å². The van der Waals surface area contributed by atoms with Gasteiger partial charge >= 0.3 is 19.4 Å². The van der Waals surface area contributed by atoms with Gasteiger partial charge in [0.1, 0.15) is 30.9 Å². The summed E-state index contributed by atoms with van der Waals surface area (Å²) in [6.45, 7) is -0.173. The second-order valence-electron chi connectivity index (χ2n) is 8.96. The molecule has 0 saturated carbocycles. The third-order valence-corrected chi connectivity index (χ3v) is 7.82. The van der Waals surface area contributed by atoms with E-state index in [-0.39, 0.29) is 17.1 Å². The topological polar surface area (TPSA) is 218 Å². The molecular weight excluding hydrogens is 527 g/mol. The molecule has 5 N–H and O–H groups in total. The lowest BCUT2D eigenvalue weighted by Crippen LogP contribution is -2.46. The van der Waals surface area contributed by atoms with Crippen LogP contribution in [-0.4, -0.2) is 93.7 Å². The molecule has 0 aromatic carbocycles. The predicted octanol–water partition coefficient (Wildman–Crippen LogP) is -1.77. The van der Waals surface area contributed by atoms with Crippen molar-refractivity contribution in [2.75, 3.05) is 18.5 Å². The molecule has 0 aliphatic carbocycles. The minimum Gasteiger partial charge on any atom is -0.387 e. The number of carbonyl (C=O) groups is 2. The highest BCUT2D eigenvalue weighted by atomic mass is 31.2. The van der Waals surface area contributed by atoms with Gasteiger partial charge < -0.3 is 29.5 Å². The smallest absolute Gasteiger partial charge is 0.387 e. The molecule has 2 aliphatic heterocycles. The number of aromatic amines is 1. The van der Waals surface area contributed by atoms with Crippen molar-refractivity contribution in [3.05, 3.63) is 35.4 Å². The van der Waals surface area contributed by atoms with Gasteiger partial charge in [-0.25, -0.2) is 23.2 Å². The number of nitrogens with zero attached hydrogens (tertiary/aromatic N) is 6. The second-order valence-corrected chi connectivity index (χ2v) is 10.7. The molecule has 38 heavy (non-hydrogen) atoms. The van der Waals surface area contributed by atoms with E-state index in [2.05, 4.69) is 20.3 Å². The van der Waals surface area contributed by atoms with Crippen molar-refractivity contribution < 1.29 is 43.1 Å². The highest BCUT2D eigenvalue weighted by molar-refractivity contribution is 7.51. The lowest BCUT2D eigenvalue weighted by Gasteiger charge is -2.19. The highest BCUT2D eigenvalue weighted by Gasteiger charge is 2.48. The van der Waals surface area contributed by atoms with Crippen LogP contribution < -0.4 is 15.4 Å². The van der Waals surface area contributed by atoms with Crippen molar-refractivity contribution in [1.82, 2.24) is 28.8 Å². The molecule has 0 bridgehead atoms. The molecule has 0 spiro atoms. The number of aromatic nitrogens is 6. The van der Waals surface area contributed by atoms with Crippen LogP contribution in [0.25, 0.3) is 11.2 Å². The maximum atomic E-state index is 12.8. The number of fused-ring (bicyclic) bond motifs is 1. The first-order valence-corrected chi connectivity index (χ1v) is 13.1. The molecule has 2 unspecified atom stereocenters. The Hall–Kier alpha value is -3.47. The van der Waals surface area contributed by atoms with Crippen molar-refractivity contribution >= 4 is 37.2 Å². The third kappa shape index (κ3) is 4.63. The minimum atomic E-state index is -4.32. The Labute approximate surface area is 213 Å². The number of anilines is 1. The number of likely N-dealkylation sites (tertiary alicyclic amines) is 1. The molecule has 204 valence electrons. The van der Waals surface area contributed by atoms with Crippen LogP contribution >= 0.6 is 7.75 Å². The van der Waals surface area contributed by atoms with E-state index in [1.165, 1.54) is 32.8 Å². The highest BCUT2D eigenvalue weighted by Crippen LogP contribution is 2.44. The summed E-state index contributed by atoms with van der Waals surface area (Å²) in [6.07, 6.45) is 1.42. The van der Waals surface area contributed by atoms with Crippen molar-refractivity contribution in [3.8, 4) is 0 Å². The first-order chi connectivity index (χ1) is 18.1. The van der Waals surface area contributed by atoms with Gasteiger partial charge in [0.15, 0.2) is 6.33 Å². The fourth-order valence-electron chi connectivity index (χ4n) is 4.59. The summed E-state index contributed by atoms with van der Waals surface area (Å²) in [5.74, 6) is -0.196. The zero-order valence-corrected chi connectivity index (χ0v) is 20.9. The summed E-state index contributed by atoms with van der Waals surface area (Å²) < 4.78 is 26.8. The average Bonchev–Trinajstić information content (AvgIpc) is 3.67. The average molecular weight is 553 g/mol. The van der Waals surface area contributed by atoms with Crippen LogP contribution in [0.4, 0.5) is 10.7 Å². The number of rotatable bonds is 7. The van der Waals surface area contributed by atoms with Crippen LogP contribution in [0.3, 0.4) is 0 Å². The van der Waals surface area contributed by atoms with E-state index in [9.17, 15) is 34.1 Å². The monoisotopic (exact) mass is 553 g/mol. The van der Waals surface area contributed by atoms with E-state index in [1.807, 2.05) is 0 Å². The normalized spacial score (nSPS) is 27.1. The number of urea groups is 1. The van der Waals surface area contributed by atoms with Gasteiger partial charge in [0.25, 0.3) is 11.5 Å². The standard InChI is InChI=1S/C20H25N8O9P/c1-25-10-28(18-15(31)14(30)12(37-18)8-36-38(34,35)26-6-4-21-9-26)16-13(25)17(32)23-19(22-16)24-20(33)27-5-2-3-11(27)7-29/h4,6-7,9-12,14-15,18,30-31H,2-3,5,8H2,1H3,(H2-,22,23,24,32,33,34,35)/p+1/t11-,12+,14?,15-,18+/m0/s1. The number of aliphatic hydroxyl groups excluding tert-OH is 2. The fraction of sp³-hybridized carbons (Fsp3) is 0.500. The Balaban J connectivity index is 1.39. The zero-order valence-electron chi connectivity index (χ0n) is 20.0. The molecule has 2 fully saturated rings. The number of hydrogen-bond donors (Lipinski definition) is 5. The number of ether oxygens (including phenoxy) is 1. The third-order valence-electron chi connectivity index (χ3n) is 6.51. The summed E-state index contributed by atoms with van der Waals surface area (Å²) in [4.78, 5) is 58.6. The predicted molar refractivity (Wildman–Crippen MR) is 126 cm³/mol. The Morgan fingerprint density at radius 3 is 2.92 bits per heavy atom. The first kappa shape index (κ1) is 26.1. The van der Waals surface area contributed by atoms with Gasteiger partial charge in [-0.1, -0.05) is 4.98 Å². The summed E-state index contributed by atoms with van der Waals surface area (Å²) in [5, 5.41) is 23.8. The fourth-order valence-corrected chi connectivity index (χ4v) is 5.48. The van der Waals surface area contributed by atoms with Gasteiger partial charge in [0.2, 0.25) is 11.7 Å². The molecule has 3 aromatic heterocycles. The minimum absolute atomic E-state index is 0.0176. The van der Waals surface area contributed by atoms with Crippen molar-refractivity contribution in [1.29, 1.82) is 0 Å². The zero-order chi connectivity index (χ0) is 27.2. The number of imidazole rings is 2. The maximum Gasteiger partial charge on any atom is 0.437 e. The number of aryl methyl sites for hydroxylation is 1. The molecule has 0 radical (unpaired) electrons. The lowest BCUT2D eigenvalue weighted by atomic mass is 10.1. The molecule has 2 amide bonds. The molecule has 3 aromatic rings. The Morgan fingerprint density at radius 2 is 2.21 bits per heavy atom. The van der Waals surface area contributed by atoms with Gasteiger partial charge in [0, 0.05) is 18.9 Å². The van der Waals surface area contributed by atoms with Crippen LogP contribution in [0.1, 0.15) is 19.1 Å². The van der Waals surface area contributed by atoms with Crippen LogP contribution in [0, 0.1) is 0 Å². The molecule has 6 atom stereocenters. The SMILES string of the molecule is Cn1c[n+]([C@@H]2O[C@H](COP(=O)(O)n3ccnc3)C(O)[C@@H]2O)c2nc(NC(=O)N3CCC[C@H]3C=O)[nH]c(=O)c21. The Morgan fingerprint density at radius 1 is 1.42 bits per heavy atom. The van der Waals surface area contributed by atoms with Crippen molar-refractivity contribution in [3.63, 3.8) is 0 Å². The summed E-state index contributed by atoms with van der Waals surface area (Å²) >= 11 is 0. The number of hydrogen-bond acceptors (Lipinski definition) is 10. The van der Waals surface area contributed by atoms with Crippen molar-refractivity contribution in [2.24, 2.45) is 7.05 Å². The van der Waals surface area contributed by atoms with Gasteiger partial charge in [-0.05, 0) is 12.8 Å². The number of aldehydes is 1. The van der Waals surface area contributed by atoms with E-state index in [0.29, 0.717) is 25.7 Å². The molecular formula is C20H26N8O9P+. The number of H-pyrrole nitrogens is 1. The van der Waals surface area contributed by atoms with E-state index >= 15 is 0 Å². The maximum absolute atomic E-state index is 12.8. The van der Waals surface area contributed by atoms with Crippen LogP contribution in [0.2, 0.25) is 0 Å². The van der Waals surface area contributed by atoms with Gasteiger partial charge in [0.05, 0.1) is 19.7 Å². The molecule has 5 rings (SSSR count). The summed E-state index contributed by atoms with van der Waals surface area (Å²) in [6, 6.07) is -1.18. The Bertz CT molecular complexity index is 1460. The molecule has 17 nitrogen and oxygen atoms in total. The number of amides is 2. The quantitative estimate of drug-likeness (QED) is 0.125. The summed E-state index contributed by atoms with van der Waals surface area (Å²) in [7, 11) is -2.76. The van der Waals surface area contributed by atoms with E-state index in [0.717, 1.165) is 10.7 Å².